The van der Waals surface area contributed by atoms with Crippen LogP contribution in [0.3, 0.4) is 0 Å². The van der Waals surface area contributed by atoms with E-state index in [2.05, 4.69) is 5.32 Å². The van der Waals surface area contributed by atoms with E-state index in [0.717, 1.165) is 5.56 Å². The smallest absolute Gasteiger partial charge is 0.236 e. The Kier molecular flexibility index (Phi) is 8.14. The number of hydrogen-bond acceptors (Lipinski definition) is 4. The third-order valence-electron chi connectivity index (χ3n) is 2.36. The predicted molar refractivity (Wildman–Crippen MR) is 76.6 cm³/mol. The lowest BCUT2D eigenvalue weighted by atomic mass is 10.2. The zero-order valence-electron chi connectivity index (χ0n) is 11.1. The maximum Gasteiger partial charge on any atom is 0.236 e. The van der Waals surface area contributed by atoms with E-state index in [1.165, 1.54) is 0 Å². The lowest BCUT2D eigenvalue weighted by Crippen LogP contribution is -2.42. The molecule has 0 aliphatic rings. The summed E-state index contributed by atoms with van der Waals surface area (Å²) in [5.74, 6) is 0.414. The number of aryl methyl sites for hydroxylation is 1. The highest BCUT2D eigenvalue weighted by Crippen LogP contribution is 2.12. The maximum atomic E-state index is 11.2. The van der Waals surface area contributed by atoms with E-state index < -0.39 is 12.1 Å². The van der Waals surface area contributed by atoms with E-state index in [0.29, 0.717) is 5.75 Å². The second kappa shape index (κ2) is 8.74. The minimum absolute atomic E-state index is 0. The molecule has 0 radical (unpaired) electrons. The number of ether oxygens (including phenoxy) is 1. The molecule has 0 fully saturated rings. The van der Waals surface area contributed by atoms with Gasteiger partial charge in [-0.25, -0.2) is 0 Å². The first-order valence-electron chi connectivity index (χ1n) is 5.90. The molecule has 0 bridgehead atoms. The molecule has 2 atom stereocenters. The zero-order chi connectivity index (χ0) is 13.5. The molecule has 6 heteroatoms. The van der Waals surface area contributed by atoms with E-state index >= 15 is 0 Å². The summed E-state index contributed by atoms with van der Waals surface area (Å²) >= 11 is 0. The highest BCUT2D eigenvalue weighted by atomic mass is 35.5. The van der Waals surface area contributed by atoms with E-state index in [-0.39, 0.29) is 31.5 Å². The van der Waals surface area contributed by atoms with Crippen molar-refractivity contribution in [3.8, 4) is 5.75 Å². The number of amides is 1. The van der Waals surface area contributed by atoms with Gasteiger partial charge in [-0.1, -0.05) is 12.1 Å². The fourth-order valence-corrected chi connectivity index (χ4v) is 1.34. The van der Waals surface area contributed by atoms with Crippen LogP contribution < -0.4 is 15.8 Å². The quantitative estimate of drug-likeness (QED) is 0.716. The molecule has 0 saturated carbocycles. The summed E-state index contributed by atoms with van der Waals surface area (Å²) < 4.78 is 5.41. The maximum absolute atomic E-state index is 11.2. The Hall–Kier alpha value is -1.30. The van der Waals surface area contributed by atoms with E-state index in [9.17, 15) is 9.90 Å². The molecule has 1 unspecified atom stereocenters. The van der Waals surface area contributed by atoms with Crippen LogP contribution in [0.2, 0.25) is 0 Å². The van der Waals surface area contributed by atoms with Crippen molar-refractivity contribution >= 4 is 18.3 Å². The summed E-state index contributed by atoms with van der Waals surface area (Å²) in [5, 5.41) is 12.2. The van der Waals surface area contributed by atoms with Crippen molar-refractivity contribution in [1.82, 2.24) is 5.32 Å². The molecule has 1 aromatic carbocycles. The first-order chi connectivity index (χ1) is 8.49. The van der Waals surface area contributed by atoms with Crippen LogP contribution in [0.5, 0.6) is 5.75 Å². The van der Waals surface area contributed by atoms with Crippen molar-refractivity contribution in [2.24, 2.45) is 5.73 Å². The highest BCUT2D eigenvalue weighted by Gasteiger charge is 2.10. The van der Waals surface area contributed by atoms with Crippen LogP contribution in [0, 0.1) is 6.92 Å². The molecule has 4 N–H and O–H groups in total. The van der Waals surface area contributed by atoms with Gasteiger partial charge in [0.1, 0.15) is 18.5 Å². The third kappa shape index (κ3) is 7.00. The van der Waals surface area contributed by atoms with Gasteiger partial charge in [0.25, 0.3) is 0 Å². The number of carbonyl (C=O) groups excluding carboxylic acids is 1. The Bertz CT molecular complexity index is 399. The van der Waals surface area contributed by atoms with Crippen molar-refractivity contribution in [3.05, 3.63) is 29.8 Å². The molecule has 0 saturated heterocycles. The van der Waals surface area contributed by atoms with Crippen LogP contribution in [-0.4, -0.2) is 36.3 Å². The van der Waals surface area contributed by atoms with E-state index in [1.807, 2.05) is 31.2 Å². The molecule has 5 nitrogen and oxygen atoms in total. The van der Waals surface area contributed by atoms with Crippen molar-refractivity contribution in [1.29, 1.82) is 0 Å². The number of nitrogens with two attached hydrogens (primary N) is 1. The van der Waals surface area contributed by atoms with Gasteiger partial charge in [-0.3, -0.25) is 4.79 Å². The summed E-state index contributed by atoms with van der Waals surface area (Å²) in [6.07, 6.45) is -0.756. The standard InChI is InChI=1S/C13H20N2O3.ClH/c1-9-4-3-5-12(6-9)18-8-11(16)7-15-13(17)10(2)14;/h3-6,10-11,16H,7-8,14H2,1-2H3,(H,15,17);1H/t10-,11?;/m0./s1. The van der Waals surface area contributed by atoms with Gasteiger partial charge in [0.05, 0.1) is 6.04 Å². The lowest BCUT2D eigenvalue weighted by Gasteiger charge is -2.14. The van der Waals surface area contributed by atoms with Crippen LogP contribution in [-0.2, 0) is 4.79 Å². The molecule has 0 heterocycles. The van der Waals surface area contributed by atoms with Gasteiger partial charge in [-0.15, -0.1) is 12.4 Å². The van der Waals surface area contributed by atoms with Crippen molar-refractivity contribution in [2.75, 3.05) is 13.2 Å². The Balaban J connectivity index is 0.00000324. The molecular weight excluding hydrogens is 268 g/mol. The highest BCUT2D eigenvalue weighted by molar-refractivity contribution is 5.85. The first-order valence-corrected chi connectivity index (χ1v) is 5.90. The Morgan fingerprint density at radius 1 is 1.53 bits per heavy atom. The monoisotopic (exact) mass is 288 g/mol. The van der Waals surface area contributed by atoms with Crippen molar-refractivity contribution in [3.63, 3.8) is 0 Å². The molecule has 0 spiro atoms. The molecule has 19 heavy (non-hydrogen) atoms. The number of halogens is 1. The van der Waals surface area contributed by atoms with Gasteiger partial charge in [0, 0.05) is 6.54 Å². The molecule has 1 rings (SSSR count). The fraction of sp³-hybridized carbons (Fsp3) is 0.462. The number of aliphatic hydroxyl groups is 1. The van der Waals surface area contributed by atoms with Gasteiger partial charge in [0.2, 0.25) is 5.91 Å². The Morgan fingerprint density at radius 3 is 2.79 bits per heavy atom. The molecule has 0 aliphatic carbocycles. The second-order valence-electron chi connectivity index (χ2n) is 4.32. The lowest BCUT2D eigenvalue weighted by molar-refractivity contribution is -0.122. The van der Waals surface area contributed by atoms with Gasteiger partial charge in [0.15, 0.2) is 0 Å². The normalized spacial score (nSPS) is 13.1. The minimum atomic E-state index is -0.756. The Labute approximate surface area is 119 Å². The number of nitrogens with one attached hydrogen (secondary N) is 1. The molecule has 0 aromatic heterocycles. The zero-order valence-corrected chi connectivity index (χ0v) is 11.9. The summed E-state index contributed by atoms with van der Waals surface area (Å²) in [6, 6.07) is 6.98. The number of carbonyl (C=O) groups is 1. The Morgan fingerprint density at radius 2 is 2.21 bits per heavy atom. The number of rotatable bonds is 6. The molecular formula is C13H21ClN2O3. The summed E-state index contributed by atoms with van der Waals surface area (Å²) in [7, 11) is 0. The van der Waals surface area contributed by atoms with Crippen LogP contribution in [0.4, 0.5) is 0 Å². The predicted octanol–water partition coefficient (Wildman–Crippen LogP) is 0.620. The summed E-state index contributed by atoms with van der Waals surface area (Å²) in [4.78, 5) is 11.2. The van der Waals surface area contributed by atoms with Crippen LogP contribution in [0.1, 0.15) is 12.5 Å². The van der Waals surface area contributed by atoms with Crippen LogP contribution in [0.25, 0.3) is 0 Å². The summed E-state index contributed by atoms with van der Waals surface area (Å²) in [6.45, 7) is 3.81. The van der Waals surface area contributed by atoms with Gasteiger partial charge in [-0.05, 0) is 31.5 Å². The average Bonchev–Trinajstić information content (AvgIpc) is 2.33. The number of hydrogen-bond donors (Lipinski definition) is 3. The molecule has 0 aliphatic heterocycles. The summed E-state index contributed by atoms with van der Waals surface area (Å²) in [5.41, 5.74) is 6.47. The molecule has 1 aromatic rings. The van der Waals surface area contributed by atoms with Gasteiger partial charge >= 0.3 is 0 Å². The van der Waals surface area contributed by atoms with Crippen LogP contribution in [0.15, 0.2) is 24.3 Å². The van der Waals surface area contributed by atoms with Crippen molar-refractivity contribution < 1.29 is 14.6 Å². The fourth-order valence-electron chi connectivity index (χ4n) is 1.34. The number of aliphatic hydroxyl groups excluding tert-OH is 1. The largest absolute Gasteiger partial charge is 0.491 e. The third-order valence-corrected chi connectivity index (χ3v) is 2.36. The molecule has 108 valence electrons. The SMILES string of the molecule is Cc1cccc(OCC(O)CNC(=O)[C@H](C)N)c1.Cl. The van der Waals surface area contributed by atoms with E-state index in [4.69, 9.17) is 10.5 Å². The van der Waals surface area contributed by atoms with Crippen molar-refractivity contribution in [2.45, 2.75) is 26.0 Å². The molecule has 1 amide bonds. The van der Waals surface area contributed by atoms with Crippen LogP contribution >= 0.6 is 12.4 Å². The van der Waals surface area contributed by atoms with E-state index in [1.54, 1.807) is 6.92 Å². The van der Waals surface area contributed by atoms with Gasteiger partial charge in [-0.2, -0.15) is 0 Å². The second-order valence-corrected chi connectivity index (χ2v) is 4.32. The number of benzene rings is 1. The minimum Gasteiger partial charge on any atom is -0.491 e. The topological polar surface area (TPSA) is 84.6 Å². The first kappa shape index (κ1) is 17.7. The van der Waals surface area contributed by atoms with Gasteiger partial charge < -0.3 is 20.9 Å². The average molecular weight is 289 g/mol.